The Balaban J connectivity index is 1.63. The highest BCUT2D eigenvalue weighted by Gasteiger charge is 2.07. The lowest BCUT2D eigenvalue weighted by atomic mass is 10.2. The van der Waals surface area contributed by atoms with Crippen molar-refractivity contribution in [3.8, 4) is 0 Å². The van der Waals surface area contributed by atoms with E-state index in [0.29, 0.717) is 17.3 Å². The summed E-state index contributed by atoms with van der Waals surface area (Å²) in [5, 5.41) is 8.57. The first-order chi connectivity index (χ1) is 10.6. The second-order valence-electron chi connectivity index (χ2n) is 4.88. The summed E-state index contributed by atoms with van der Waals surface area (Å²) in [6.45, 7) is 0.457. The van der Waals surface area contributed by atoms with E-state index >= 15 is 0 Å². The molecule has 0 fully saturated rings. The van der Waals surface area contributed by atoms with Gasteiger partial charge in [0, 0.05) is 22.5 Å². The van der Waals surface area contributed by atoms with Gasteiger partial charge in [-0.3, -0.25) is 9.48 Å². The Kier molecular flexibility index (Phi) is 4.06. The number of rotatable bonds is 4. The molecular formula is C16H13ClFN3O. The monoisotopic (exact) mass is 317 g/mol. The van der Waals surface area contributed by atoms with Crippen LogP contribution >= 0.6 is 11.6 Å². The third kappa shape index (κ3) is 3.26. The van der Waals surface area contributed by atoms with Crippen molar-refractivity contribution in [1.29, 1.82) is 0 Å². The number of fused-ring (bicyclic) bond motifs is 1. The van der Waals surface area contributed by atoms with Gasteiger partial charge in [0.15, 0.2) is 0 Å². The molecule has 0 aliphatic heterocycles. The van der Waals surface area contributed by atoms with Gasteiger partial charge in [0.05, 0.1) is 18.3 Å². The number of amides is 1. The third-order valence-electron chi connectivity index (χ3n) is 3.28. The topological polar surface area (TPSA) is 46.9 Å². The predicted octanol–water partition coefficient (Wildman–Crippen LogP) is 3.86. The SMILES string of the molecule is O=C(CCn1ncc2cc(Cl)ccc21)Nc1ccc(F)cc1. The highest BCUT2D eigenvalue weighted by molar-refractivity contribution is 6.31. The van der Waals surface area contributed by atoms with E-state index in [2.05, 4.69) is 10.4 Å². The highest BCUT2D eigenvalue weighted by Crippen LogP contribution is 2.19. The van der Waals surface area contributed by atoms with Crippen LogP contribution < -0.4 is 5.32 Å². The van der Waals surface area contributed by atoms with Crippen LogP contribution in [0.25, 0.3) is 10.9 Å². The number of hydrogen-bond donors (Lipinski definition) is 1. The van der Waals surface area contributed by atoms with E-state index in [1.165, 1.54) is 24.3 Å². The van der Waals surface area contributed by atoms with Crippen molar-refractivity contribution >= 4 is 34.1 Å². The molecule has 0 saturated carbocycles. The van der Waals surface area contributed by atoms with Crippen molar-refractivity contribution in [2.75, 3.05) is 5.32 Å². The van der Waals surface area contributed by atoms with Crippen LogP contribution in [0, 0.1) is 5.82 Å². The summed E-state index contributed by atoms with van der Waals surface area (Å²) in [4.78, 5) is 11.9. The minimum absolute atomic E-state index is 0.149. The molecule has 1 amide bonds. The Bertz CT molecular complexity index is 814. The van der Waals surface area contributed by atoms with Crippen molar-refractivity contribution in [3.63, 3.8) is 0 Å². The molecule has 6 heteroatoms. The lowest BCUT2D eigenvalue weighted by Gasteiger charge is -2.06. The number of anilines is 1. The second kappa shape index (κ2) is 6.15. The summed E-state index contributed by atoms with van der Waals surface area (Å²) in [5.74, 6) is -0.483. The molecule has 22 heavy (non-hydrogen) atoms. The van der Waals surface area contributed by atoms with Crippen LogP contribution in [0.4, 0.5) is 10.1 Å². The van der Waals surface area contributed by atoms with Crippen LogP contribution in [-0.2, 0) is 11.3 Å². The van der Waals surface area contributed by atoms with Crippen LogP contribution in [0.1, 0.15) is 6.42 Å². The third-order valence-corrected chi connectivity index (χ3v) is 3.52. The normalized spacial score (nSPS) is 10.8. The Morgan fingerprint density at radius 3 is 2.77 bits per heavy atom. The molecule has 3 aromatic rings. The van der Waals surface area contributed by atoms with E-state index in [1.807, 2.05) is 12.1 Å². The smallest absolute Gasteiger partial charge is 0.226 e. The number of aryl methyl sites for hydroxylation is 1. The molecular weight excluding hydrogens is 305 g/mol. The summed E-state index contributed by atoms with van der Waals surface area (Å²) < 4.78 is 14.6. The quantitative estimate of drug-likeness (QED) is 0.794. The van der Waals surface area contributed by atoms with Gasteiger partial charge in [-0.2, -0.15) is 5.10 Å². The first kappa shape index (κ1) is 14.5. The van der Waals surface area contributed by atoms with E-state index < -0.39 is 0 Å². The van der Waals surface area contributed by atoms with Gasteiger partial charge in [0.1, 0.15) is 5.82 Å². The van der Waals surface area contributed by atoms with Crippen LogP contribution in [0.2, 0.25) is 5.02 Å². The Hall–Kier alpha value is -2.40. The van der Waals surface area contributed by atoms with Gasteiger partial charge in [-0.25, -0.2) is 4.39 Å². The fourth-order valence-corrected chi connectivity index (χ4v) is 2.38. The van der Waals surface area contributed by atoms with Crippen LogP contribution in [0.3, 0.4) is 0 Å². The molecule has 0 bridgehead atoms. The van der Waals surface area contributed by atoms with E-state index in [0.717, 1.165) is 10.9 Å². The molecule has 1 N–H and O–H groups in total. The van der Waals surface area contributed by atoms with Crippen molar-refractivity contribution in [3.05, 3.63) is 59.5 Å². The number of benzene rings is 2. The van der Waals surface area contributed by atoms with Gasteiger partial charge in [-0.1, -0.05) is 11.6 Å². The number of aromatic nitrogens is 2. The van der Waals surface area contributed by atoms with Crippen LogP contribution in [0.15, 0.2) is 48.7 Å². The maximum absolute atomic E-state index is 12.8. The summed E-state index contributed by atoms with van der Waals surface area (Å²) in [6, 6.07) is 11.2. The van der Waals surface area contributed by atoms with Crippen molar-refractivity contribution in [2.24, 2.45) is 0 Å². The fraction of sp³-hybridized carbons (Fsp3) is 0.125. The van der Waals surface area contributed by atoms with Gasteiger partial charge >= 0.3 is 0 Å². The number of carbonyl (C=O) groups excluding carboxylic acids is 1. The van der Waals surface area contributed by atoms with E-state index in [9.17, 15) is 9.18 Å². The zero-order valence-electron chi connectivity index (χ0n) is 11.6. The predicted molar refractivity (Wildman–Crippen MR) is 84.4 cm³/mol. The highest BCUT2D eigenvalue weighted by atomic mass is 35.5. The average molecular weight is 318 g/mol. The van der Waals surface area contributed by atoms with Gasteiger partial charge < -0.3 is 5.32 Å². The van der Waals surface area contributed by atoms with Gasteiger partial charge in [0.25, 0.3) is 0 Å². The summed E-state index contributed by atoms with van der Waals surface area (Å²) in [6.07, 6.45) is 2.00. The number of nitrogens with zero attached hydrogens (tertiary/aromatic N) is 2. The van der Waals surface area contributed by atoms with Crippen LogP contribution in [0.5, 0.6) is 0 Å². The number of carbonyl (C=O) groups is 1. The molecule has 0 unspecified atom stereocenters. The van der Waals surface area contributed by atoms with Crippen molar-refractivity contribution in [2.45, 2.75) is 13.0 Å². The Labute approximate surface area is 131 Å². The van der Waals surface area contributed by atoms with Gasteiger partial charge in [-0.15, -0.1) is 0 Å². The molecule has 0 aliphatic rings. The lowest BCUT2D eigenvalue weighted by molar-refractivity contribution is -0.116. The second-order valence-corrected chi connectivity index (χ2v) is 5.31. The number of hydrogen-bond acceptors (Lipinski definition) is 2. The molecule has 4 nitrogen and oxygen atoms in total. The van der Waals surface area contributed by atoms with Crippen molar-refractivity contribution in [1.82, 2.24) is 9.78 Å². The van der Waals surface area contributed by atoms with Crippen molar-refractivity contribution < 1.29 is 9.18 Å². The molecule has 3 rings (SSSR count). The molecule has 0 spiro atoms. The van der Waals surface area contributed by atoms with E-state index in [-0.39, 0.29) is 18.1 Å². The largest absolute Gasteiger partial charge is 0.326 e. The summed E-state index contributed by atoms with van der Waals surface area (Å²) in [5.41, 5.74) is 1.50. The first-order valence-electron chi connectivity index (χ1n) is 6.78. The Morgan fingerprint density at radius 2 is 2.00 bits per heavy atom. The van der Waals surface area contributed by atoms with E-state index in [1.54, 1.807) is 16.9 Å². The molecule has 2 aromatic carbocycles. The maximum atomic E-state index is 12.8. The van der Waals surface area contributed by atoms with Crippen LogP contribution in [-0.4, -0.2) is 15.7 Å². The molecule has 0 aliphatic carbocycles. The summed E-state index contributed by atoms with van der Waals surface area (Å²) >= 11 is 5.93. The summed E-state index contributed by atoms with van der Waals surface area (Å²) in [7, 11) is 0. The molecule has 112 valence electrons. The molecule has 0 radical (unpaired) electrons. The number of halogens is 2. The van der Waals surface area contributed by atoms with E-state index in [4.69, 9.17) is 11.6 Å². The zero-order chi connectivity index (χ0) is 15.5. The molecule has 1 aromatic heterocycles. The molecule has 1 heterocycles. The first-order valence-corrected chi connectivity index (χ1v) is 7.16. The standard InChI is InChI=1S/C16H13ClFN3O/c17-12-1-6-15-11(9-12)10-19-21(15)8-7-16(22)20-14-4-2-13(18)3-5-14/h1-6,9-10H,7-8H2,(H,20,22). The average Bonchev–Trinajstić information content (AvgIpc) is 2.89. The number of nitrogens with one attached hydrogen (secondary N) is 1. The fourth-order valence-electron chi connectivity index (χ4n) is 2.20. The minimum Gasteiger partial charge on any atom is -0.326 e. The van der Waals surface area contributed by atoms with Gasteiger partial charge in [0.2, 0.25) is 5.91 Å². The zero-order valence-corrected chi connectivity index (χ0v) is 12.3. The van der Waals surface area contributed by atoms with Gasteiger partial charge in [-0.05, 0) is 42.5 Å². The minimum atomic E-state index is -0.334. The molecule has 0 atom stereocenters. The molecule has 0 saturated heterocycles. The lowest BCUT2D eigenvalue weighted by Crippen LogP contribution is -2.14. The maximum Gasteiger partial charge on any atom is 0.226 e. The Morgan fingerprint density at radius 1 is 1.23 bits per heavy atom.